The average Bonchev–Trinajstić information content (AvgIpc) is 3.24. The molecule has 0 atom stereocenters. The highest BCUT2D eigenvalue weighted by atomic mass is 35.5. The molecule has 8 heteroatoms. The SMILES string of the molecule is Cc1cc(CN2CCN(C(=O)c3c(C)nn(-c4ccccc4)c3Cl)CC2)on1. The average molecular weight is 400 g/mol. The molecule has 1 aliphatic rings. The number of benzene rings is 1. The van der Waals surface area contributed by atoms with E-state index >= 15 is 0 Å². The highest BCUT2D eigenvalue weighted by molar-refractivity contribution is 6.33. The van der Waals surface area contributed by atoms with Gasteiger partial charge in [0.25, 0.3) is 5.91 Å². The van der Waals surface area contributed by atoms with E-state index in [2.05, 4.69) is 15.2 Å². The summed E-state index contributed by atoms with van der Waals surface area (Å²) in [5.74, 6) is 0.778. The van der Waals surface area contributed by atoms with Crippen LogP contribution in [0.2, 0.25) is 5.15 Å². The number of aryl methyl sites for hydroxylation is 2. The lowest BCUT2D eigenvalue weighted by Crippen LogP contribution is -2.48. The summed E-state index contributed by atoms with van der Waals surface area (Å²) in [7, 11) is 0. The largest absolute Gasteiger partial charge is 0.360 e. The fourth-order valence-corrected chi connectivity index (χ4v) is 3.81. The summed E-state index contributed by atoms with van der Waals surface area (Å²) in [6.07, 6.45) is 0. The summed E-state index contributed by atoms with van der Waals surface area (Å²) in [6.45, 7) is 7.25. The van der Waals surface area contributed by atoms with Crippen LogP contribution in [0.15, 0.2) is 40.9 Å². The van der Waals surface area contributed by atoms with Crippen molar-refractivity contribution in [1.82, 2.24) is 24.7 Å². The summed E-state index contributed by atoms with van der Waals surface area (Å²) < 4.78 is 6.90. The summed E-state index contributed by atoms with van der Waals surface area (Å²) in [4.78, 5) is 17.2. The third kappa shape index (κ3) is 3.68. The smallest absolute Gasteiger partial charge is 0.258 e. The first-order valence-corrected chi connectivity index (χ1v) is 9.65. The van der Waals surface area contributed by atoms with Gasteiger partial charge in [-0.25, -0.2) is 4.68 Å². The quantitative estimate of drug-likeness (QED) is 0.674. The van der Waals surface area contributed by atoms with Crippen LogP contribution in [-0.4, -0.2) is 56.8 Å². The van der Waals surface area contributed by atoms with Crippen LogP contribution in [-0.2, 0) is 6.54 Å². The number of carbonyl (C=O) groups is 1. The van der Waals surface area contributed by atoms with E-state index in [0.29, 0.717) is 36.0 Å². The minimum Gasteiger partial charge on any atom is -0.360 e. The highest BCUT2D eigenvalue weighted by Crippen LogP contribution is 2.25. The van der Waals surface area contributed by atoms with Crippen molar-refractivity contribution in [3.63, 3.8) is 0 Å². The van der Waals surface area contributed by atoms with Crippen LogP contribution < -0.4 is 0 Å². The molecule has 0 aliphatic carbocycles. The van der Waals surface area contributed by atoms with Gasteiger partial charge in [-0.15, -0.1) is 0 Å². The molecule has 0 spiro atoms. The van der Waals surface area contributed by atoms with Gasteiger partial charge in [-0.1, -0.05) is 35.0 Å². The first-order valence-electron chi connectivity index (χ1n) is 9.27. The summed E-state index contributed by atoms with van der Waals surface area (Å²) >= 11 is 6.54. The molecule has 1 aliphatic heterocycles. The Balaban J connectivity index is 1.45. The molecule has 1 aromatic carbocycles. The number of piperazine rings is 1. The third-order valence-corrected chi connectivity index (χ3v) is 5.28. The van der Waals surface area contributed by atoms with Gasteiger partial charge in [0.1, 0.15) is 5.15 Å². The number of carbonyl (C=O) groups excluding carboxylic acids is 1. The molecule has 0 N–H and O–H groups in total. The van der Waals surface area contributed by atoms with Gasteiger partial charge in [0.2, 0.25) is 0 Å². The van der Waals surface area contributed by atoms with Crippen molar-refractivity contribution in [2.45, 2.75) is 20.4 Å². The van der Waals surface area contributed by atoms with E-state index in [1.807, 2.05) is 55.1 Å². The Morgan fingerprint density at radius 2 is 1.86 bits per heavy atom. The lowest BCUT2D eigenvalue weighted by molar-refractivity contribution is 0.0617. The molecule has 3 aromatic rings. The van der Waals surface area contributed by atoms with E-state index < -0.39 is 0 Å². The number of hydrogen-bond donors (Lipinski definition) is 0. The van der Waals surface area contributed by atoms with Crippen molar-refractivity contribution < 1.29 is 9.32 Å². The molecule has 1 saturated heterocycles. The molecule has 28 heavy (non-hydrogen) atoms. The second-order valence-electron chi connectivity index (χ2n) is 7.00. The normalized spacial score (nSPS) is 15.2. The van der Waals surface area contributed by atoms with E-state index in [9.17, 15) is 4.79 Å². The minimum atomic E-state index is -0.0696. The zero-order valence-corrected chi connectivity index (χ0v) is 16.7. The van der Waals surface area contributed by atoms with Crippen LogP contribution in [0.5, 0.6) is 0 Å². The number of halogens is 1. The number of nitrogens with zero attached hydrogens (tertiary/aromatic N) is 5. The molecule has 0 bridgehead atoms. The Morgan fingerprint density at radius 3 is 2.50 bits per heavy atom. The molecule has 2 aromatic heterocycles. The molecule has 0 unspecified atom stereocenters. The van der Waals surface area contributed by atoms with Crippen molar-refractivity contribution in [2.75, 3.05) is 26.2 Å². The maximum Gasteiger partial charge on any atom is 0.258 e. The maximum absolute atomic E-state index is 13.1. The lowest BCUT2D eigenvalue weighted by atomic mass is 10.2. The first-order chi connectivity index (χ1) is 13.5. The predicted octanol–water partition coefficient (Wildman–Crippen LogP) is 3.09. The Hall–Kier alpha value is -2.64. The van der Waals surface area contributed by atoms with Gasteiger partial charge in [-0.2, -0.15) is 5.10 Å². The second-order valence-corrected chi connectivity index (χ2v) is 7.36. The molecule has 1 amide bonds. The van der Waals surface area contributed by atoms with Crippen LogP contribution in [0, 0.1) is 13.8 Å². The standard InChI is InChI=1S/C20H22ClN5O2/c1-14-12-17(28-23-14)13-24-8-10-25(11-9-24)20(27)18-15(2)22-26(19(18)21)16-6-4-3-5-7-16/h3-7,12H,8-11,13H2,1-2H3. The Morgan fingerprint density at radius 1 is 1.14 bits per heavy atom. The predicted molar refractivity (Wildman–Crippen MR) is 106 cm³/mol. The van der Waals surface area contributed by atoms with E-state index in [0.717, 1.165) is 30.2 Å². The van der Waals surface area contributed by atoms with Crippen LogP contribution in [0.4, 0.5) is 0 Å². The van der Waals surface area contributed by atoms with Crippen LogP contribution in [0.25, 0.3) is 5.69 Å². The topological polar surface area (TPSA) is 67.4 Å². The summed E-state index contributed by atoms with van der Waals surface area (Å²) in [5.41, 5.74) is 2.83. The van der Waals surface area contributed by atoms with E-state index in [1.54, 1.807) is 4.68 Å². The first kappa shape index (κ1) is 18.7. The van der Waals surface area contributed by atoms with Crippen LogP contribution in [0.3, 0.4) is 0 Å². The second kappa shape index (κ2) is 7.77. The number of hydrogen-bond acceptors (Lipinski definition) is 5. The fourth-order valence-electron chi connectivity index (χ4n) is 3.46. The molecule has 4 rings (SSSR count). The van der Waals surface area contributed by atoms with E-state index in [-0.39, 0.29) is 5.91 Å². The maximum atomic E-state index is 13.1. The molecular formula is C20H22ClN5O2. The van der Waals surface area contributed by atoms with Gasteiger partial charge in [0.05, 0.1) is 29.2 Å². The van der Waals surface area contributed by atoms with Gasteiger partial charge >= 0.3 is 0 Å². The van der Waals surface area contributed by atoms with Gasteiger partial charge in [0, 0.05) is 32.2 Å². The summed E-state index contributed by atoms with van der Waals surface area (Å²) in [5, 5.41) is 8.75. The zero-order chi connectivity index (χ0) is 19.7. The molecule has 0 radical (unpaired) electrons. The lowest BCUT2D eigenvalue weighted by Gasteiger charge is -2.34. The number of para-hydroxylation sites is 1. The molecule has 7 nitrogen and oxygen atoms in total. The minimum absolute atomic E-state index is 0.0696. The van der Waals surface area contributed by atoms with Crippen molar-refractivity contribution in [3.8, 4) is 5.69 Å². The van der Waals surface area contributed by atoms with Gasteiger partial charge in [-0.3, -0.25) is 9.69 Å². The third-order valence-electron chi connectivity index (χ3n) is 4.93. The van der Waals surface area contributed by atoms with Crippen molar-refractivity contribution >= 4 is 17.5 Å². The van der Waals surface area contributed by atoms with Crippen molar-refractivity contribution in [1.29, 1.82) is 0 Å². The highest BCUT2D eigenvalue weighted by Gasteiger charge is 2.28. The van der Waals surface area contributed by atoms with Crippen LogP contribution in [0.1, 0.15) is 27.5 Å². The molecule has 146 valence electrons. The number of aromatic nitrogens is 3. The van der Waals surface area contributed by atoms with Crippen molar-refractivity contribution in [2.24, 2.45) is 0 Å². The Bertz CT molecular complexity index is 974. The van der Waals surface area contributed by atoms with Crippen LogP contribution >= 0.6 is 11.6 Å². The fraction of sp³-hybridized carbons (Fsp3) is 0.350. The van der Waals surface area contributed by atoms with Crippen molar-refractivity contribution in [3.05, 3.63) is 64.3 Å². The summed E-state index contributed by atoms with van der Waals surface area (Å²) in [6, 6.07) is 11.5. The van der Waals surface area contributed by atoms with E-state index in [4.69, 9.17) is 16.1 Å². The van der Waals surface area contributed by atoms with Gasteiger partial charge in [-0.05, 0) is 26.0 Å². The van der Waals surface area contributed by atoms with Gasteiger partial charge < -0.3 is 9.42 Å². The zero-order valence-electron chi connectivity index (χ0n) is 15.9. The molecule has 3 heterocycles. The van der Waals surface area contributed by atoms with E-state index in [1.165, 1.54) is 0 Å². The molecule has 1 fully saturated rings. The number of amides is 1. The Kier molecular flexibility index (Phi) is 5.19. The van der Waals surface area contributed by atoms with Gasteiger partial charge in [0.15, 0.2) is 5.76 Å². The number of rotatable bonds is 4. The Labute approximate surface area is 168 Å². The monoisotopic (exact) mass is 399 g/mol. The molecule has 0 saturated carbocycles. The molecular weight excluding hydrogens is 378 g/mol.